The van der Waals surface area contributed by atoms with Gasteiger partial charge in [0, 0.05) is 37.3 Å². The minimum Gasteiger partial charge on any atom is -0.452 e. The number of para-hydroxylation sites is 2. The number of esters is 1. The van der Waals surface area contributed by atoms with Crippen molar-refractivity contribution in [1.82, 2.24) is 14.8 Å². The molecule has 2 aromatic carbocycles. The Morgan fingerprint density at radius 2 is 1.59 bits per heavy atom. The van der Waals surface area contributed by atoms with E-state index in [1.165, 1.54) is 0 Å². The number of nitrogens with one attached hydrogen (secondary N) is 1. The second-order valence-electron chi connectivity index (χ2n) is 8.17. The Kier molecular flexibility index (Phi) is 7.06. The van der Waals surface area contributed by atoms with Gasteiger partial charge in [0.05, 0.1) is 16.8 Å². The molecule has 1 aliphatic heterocycles. The molecule has 0 unspecified atom stereocenters. The Bertz CT molecular complexity index is 1200. The van der Waals surface area contributed by atoms with Gasteiger partial charge in [-0.05, 0) is 37.1 Å². The Morgan fingerprint density at radius 3 is 2.29 bits per heavy atom. The molecule has 34 heavy (non-hydrogen) atoms. The van der Waals surface area contributed by atoms with Gasteiger partial charge in [0.15, 0.2) is 6.61 Å². The highest BCUT2D eigenvalue weighted by Gasteiger charge is 2.26. The quantitative estimate of drug-likeness (QED) is 0.587. The van der Waals surface area contributed by atoms with Gasteiger partial charge in [-0.25, -0.2) is 9.59 Å². The monoisotopic (exact) mass is 460 g/mol. The lowest BCUT2D eigenvalue weighted by atomic mass is 10.0. The Hall–Kier alpha value is -3.94. The van der Waals surface area contributed by atoms with Crippen LogP contribution in [0.1, 0.15) is 28.5 Å². The second-order valence-corrected chi connectivity index (χ2v) is 8.17. The summed E-state index contributed by atoms with van der Waals surface area (Å²) >= 11 is 0. The van der Waals surface area contributed by atoms with E-state index in [1.54, 1.807) is 9.80 Å². The molecule has 3 aromatic rings. The first-order chi connectivity index (χ1) is 16.5. The highest BCUT2D eigenvalue weighted by molar-refractivity contribution is 5.99. The average Bonchev–Trinajstić information content (AvgIpc) is 2.87. The number of fused-ring (bicyclic) bond motifs is 1. The number of piperazine rings is 1. The molecule has 0 radical (unpaired) electrons. The van der Waals surface area contributed by atoms with E-state index in [0.29, 0.717) is 43.9 Å². The lowest BCUT2D eigenvalue weighted by molar-refractivity contribution is -0.135. The Labute approximate surface area is 198 Å². The number of amides is 3. The van der Waals surface area contributed by atoms with Gasteiger partial charge in [-0.1, -0.05) is 43.3 Å². The number of hydrogen-bond donors (Lipinski definition) is 1. The van der Waals surface area contributed by atoms with Crippen molar-refractivity contribution in [2.24, 2.45) is 0 Å². The molecule has 1 aliphatic rings. The number of nitrogens with zero attached hydrogens (tertiary/aromatic N) is 3. The molecule has 3 amide bonds. The standard InChI is InChI=1S/C26H28N4O4/c1-3-21-24(18(2)20-11-7-8-12-22(20)28-21)25(32)34-17-23(31)29-13-15-30(16-14-29)26(33)27-19-9-5-4-6-10-19/h4-12H,3,13-17H2,1-2H3,(H,27,33). The topological polar surface area (TPSA) is 91.8 Å². The van der Waals surface area contributed by atoms with Crippen LogP contribution < -0.4 is 5.32 Å². The summed E-state index contributed by atoms with van der Waals surface area (Å²) in [5.41, 5.74) is 3.45. The zero-order chi connectivity index (χ0) is 24.1. The molecule has 1 fully saturated rings. The number of benzene rings is 2. The lowest BCUT2D eigenvalue weighted by Crippen LogP contribution is -2.52. The summed E-state index contributed by atoms with van der Waals surface area (Å²) in [6.45, 7) is 5.06. The minimum atomic E-state index is -0.540. The maximum Gasteiger partial charge on any atom is 0.340 e. The number of carbonyl (C=O) groups is 3. The first kappa shape index (κ1) is 23.2. The van der Waals surface area contributed by atoms with Crippen LogP contribution in [-0.4, -0.2) is 65.5 Å². The SMILES string of the molecule is CCc1nc2ccccc2c(C)c1C(=O)OCC(=O)N1CCN(C(=O)Nc2ccccc2)CC1. The molecule has 2 heterocycles. The van der Waals surface area contributed by atoms with Gasteiger partial charge in [-0.2, -0.15) is 0 Å². The van der Waals surface area contributed by atoms with Crippen molar-refractivity contribution in [3.8, 4) is 0 Å². The molecule has 176 valence electrons. The molecule has 0 atom stereocenters. The first-order valence-corrected chi connectivity index (χ1v) is 11.4. The summed E-state index contributed by atoms with van der Waals surface area (Å²) in [4.78, 5) is 45.9. The molecular weight excluding hydrogens is 432 g/mol. The maximum absolute atomic E-state index is 12.9. The van der Waals surface area contributed by atoms with Crippen LogP contribution in [0.4, 0.5) is 10.5 Å². The molecule has 8 nitrogen and oxygen atoms in total. The molecule has 1 saturated heterocycles. The van der Waals surface area contributed by atoms with Gasteiger partial charge >= 0.3 is 12.0 Å². The van der Waals surface area contributed by atoms with Crippen molar-refractivity contribution in [2.75, 3.05) is 38.1 Å². The highest BCUT2D eigenvalue weighted by atomic mass is 16.5. The van der Waals surface area contributed by atoms with Crippen LogP contribution >= 0.6 is 0 Å². The maximum atomic E-state index is 12.9. The third-order valence-electron chi connectivity index (χ3n) is 6.04. The fraction of sp³-hybridized carbons (Fsp3) is 0.308. The minimum absolute atomic E-state index is 0.198. The van der Waals surface area contributed by atoms with Gasteiger partial charge in [-0.3, -0.25) is 9.78 Å². The van der Waals surface area contributed by atoms with Crippen molar-refractivity contribution in [3.05, 3.63) is 71.4 Å². The Balaban J connectivity index is 1.33. The summed E-state index contributed by atoms with van der Waals surface area (Å²) in [7, 11) is 0. The van der Waals surface area contributed by atoms with Gasteiger partial charge in [0.2, 0.25) is 0 Å². The van der Waals surface area contributed by atoms with Crippen LogP contribution in [0.5, 0.6) is 0 Å². The first-order valence-electron chi connectivity index (χ1n) is 11.4. The molecule has 1 N–H and O–H groups in total. The lowest BCUT2D eigenvalue weighted by Gasteiger charge is -2.34. The van der Waals surface area contributed by atoms with Crippen molar-refractivity contribution in [3.63, 3.8) is 0 Å². The third-order valence-corrected chi connectivity index (χ3v) is 6.04. The third kappa shape index (κ3) is 5.01. The summed E-state index contributed by atoms with van der Waals surface area (Å²) in [5, 5.41) is 3.74. The molecule has 0 saturated carbocycles. The van der Waals surface area contributed by atoms with Crippen LogP contribution in [0, 0.1) is 6.92 Å². The normalized spacial score (nSPS) is 13.6. The number of pyridine rings is 1. The number of ether oxygens (including phenoxy) is 1. The number of urea groups is 1. The predicted molar refractivity (Wildman–Crippen MR) is 130 cm³/mol. The van der Waals surface area contributed by atoms with Crippen molar-refractivity contribution in [2.45, 2.75) is 20.3 Å². The molecule has 1 aromatic heterocycles. The van der Waals surface area contributed by atoms with E-state index >= 15 is 0 Å². The number of aryl methyl sites for hydroxylation is 2. The molecule has 8 heteroatoms. The molecule has 0 spiro atoms. The van der Waals surface area contributed by atoms with E-state index in [9.17, 15) is 14.4 Å². The Morgan fingerprint density at radius 1 is 0.941 bits per heavy atom. The van der Waals surface area contributed by atoms with E-state index in [1.807, 2.05) is 68.4 Å². The van der Waals surface area contributed by atoms with Gasteiger partial charge < -0.3 is 19.9 Å². The fourth-order valence-corrected chi connectivity index (χ4v) is 4.14. The number of hydrogen-bond acceptors (Lipinski definition) is 5. The smallest absolute Gasteiger partial charge is 0.340 e. The zero-order valence-electron chi connectivity index (χ0n) is 19.4. The summed E-state index contributed by atoms with van der Waals surface area (Å²) in [6, 6.07) is 16.7. The van der Waals surface area contributed by atoms with Crippen LogP contribution in [0.15, 0.2) is 54.6 Å². The number of anilines is 1. The molecule has 0 aliphatic carbocycles. The van der Waals surface area contributed by atoms with Crippen LogP contribution in [-0.2, 0) is 16.0 Å². The predicted octanol–water partition coefficient (Wildman–Crippen LogP) is 3.64. The fourth-order valence-electron chi connectivity index (χ4n) is 4.14. The number of aromatic nitrogens is 1. The van der Waals surface area contributed by atoms with Crippen LogP contribution in [0.25, 0.3) is 10.9 Å². The van der Waals surface area contributed by atoms with Gasteiger partial charge in [0.25, 0.3) is 5.91 Å². The summed E-state index contributed by atoms with van der Waals surface area (Å²) < 4.78 is 5.41. The van der Waals surface area contributed by atoms with Crippen molar-refractivity contribution >= 4 is 34.5 Å². The van der Waals surface area contributed by atoms with Crippen LogP contribution in [0.3, 0.4) is 0 Å². The van der Waals surface area contributed by atoms with E-state index in [0.717, 1.165) is 22.2 Å². The zero-order valence-corrected chi connectivity index (χ0v) is 19.4. The van der Waals surface area contributed by atoms with E-state index < -0.39 is 5.97 Å². The van der Waals surface area contributed by atoms with Crippen molar-refractivity contribution < 1.29 is 19.1 Å². The molecule has 4 rings (SSSR count). The number of carbonyl (C=O) groups excluding carboxylic acids is 3. The number of rotatable bonds is 5. The van der Waals surface area contributed by atoms with Crippen LogP contribution in [0.2, 0.25) is 0 Å². The molecular formula is C26H28N4O4. The average molecular weight is 461 g/mol. The van der Waals surface area contributed by atoms with Crippen molar-refractivity contribution in [1.29, 1.82) is 0 Å². The largest absolute Gasteiger partial charge is 0.452 e. The summed E-state index contributed by atoms with van der Waals surface area (Å²) in [5.74, 6) is -0.817. The highest BCUT2D eigenvalue weighted by Crippen LogP contribution is 2.24. The van der Waals surface area contributed by atoms with Gasteiger partial charge in [-0.15, -0.1) is 0 Å². The van der Waals surface area contributed by atoms with Gasteiger partial charge in [0.1, 0.15) is 0 Å². The molecule has 0 bridgehead atoms. The van der Waals surface area contributed by atoms with E-state index in [4.69, 9.17) is 4.74 Å². The summed E-state index contributed by atoms with van der Waals surface area (Å²) in [6.07, 6.45) is 0.580. The van der Waals surface area contributed by atoms with E-state index in [2.05, 4.69) is 10.3 Å². The second kappa shape index (κ2) is 10.3. The van der Waals surface area contributed by atoms with E-state index in [-0.39, 0.29) is 18.5 Å².